The lowest BCUT2D eigenvalue weighted by Gasteiger charge is -2.06. The highest BCUT2D eigenvalue weighted by atomic mass is 16.2. The average molecular weight is 306 g/mol. The quantitative estimate of drug-likeness (QED) is 0.806. The van der Waals surface area contributed by atoms with E-state index in [1.165, 1.54) is 0 Å². The molecule has 1 aromatic carbocycles. The summed E-state index contributed by atoms with van der Waals surface area (Å²) >= 11 is 0. The van der Waals surface area contributed by atoms with E-state index in [1.54, 1.807) is 10.9 Å². The van der Waals surface area contributed by atoms with E-state index < -0.39 is 0 Å². The number of aromatic nitrogens is 3. The summed E-state index contributed by atoms with van der Waals surface area (Å²) in [6, 6.07) is 12.5. The Morgan fingerprint density at radius 1 is 1.26 bits per heavy atom. The van der Waals surface area contributed by atoms with Gasteiger partial charge in [0.15, 0.2) is 5.65 Å². The molecular formula is C18H18N4O. The van der Waals surface area contributed by atoms with E-state index in [4.69, 9.17) is 0 Å². The molecule has 2 heterocycles. The number of fused-ring (bicyclic) bond motifs is 1. The van der Waals surface area contributed by atoms with Gasteiger partial charge in [-0.25, -0.2) is 9.67 Å². The van der Waals surface area contributed by atoms with Crippen LogP contribution in [-0.4, -0.2) is 26.7 Å². The Hall–Kier alpha value is -2.69. The number of nitrogens with zero attached hydrogens (tertiary/aromatic N) is 3. The largest absolute Gasteiger partial charge is 0.352 e. The van der Waals surface area contributed by atoms with Crippen LogP contribution >= 0.6 is 0 Å². The van der Waals surface area contributed by atoms with Gasteiger partial charge in [-0.05, 0) is 37.0 Å². The maximum atomic E-state index is 12.1. The molecule has 0 bridgehead atoms. The fourth-order valence-electron chi connectivity index (χ4n) is 2.89. The number of pyridine rings is 1. The lowest BCUT2D eigenvalue weighted by atomic mass is 10.0. The highest BCUT2D eigenvalue weighted by Gasteiger charge is 2.24. The summed E-state index contributed by atoms with van der Waals surface area (Å²) in [6.07, 6.45) is 3.95. The molecule has 1 amide bonds. The van der Waals surface area contributed by atoms with E-state index in [0.29, 0.717) is 6.04 Å². The second-order valence-electron chi connectivity index (χ2n) is 6.01. The zero-order chi connectivity index (χ0) is 15.8. The number of benzene rings is 1. The summed E-state index contributed by atoms with van der Waals surface area (Å²) in [4.78, 5) is 16.5. The molecule has 1 N–H and O–H groups in total. The lowest BCUT2D eigenvalue weighted by Crippen LogP contribution is -2.29. The first kappa shape index (κ1) is 13.9. The second kappa shape index (κ2) is 5.50. The Kier molecular flexibility index (Phi) is 3.33. The van der Waals surface area contributed by atoms with Gasteiger partial charge in [0.1, 0.15) is 6.54 Å². The van der Waals surface area contributed by atoms with E-state index in [-0.39, 0.29) is 12.5 Å². The number of rotatable bonds is 4. The van der Waals surface area contributed by atoms with Crippen molar-refractivity contribution in [2.75, 3.05) is 0 Å². The van der Waals surface area contributed by atoms with Gasteiger partial charge in [0.2, 0.25) is 5.91 Å². The van der Waals surface area contributed by atoms with E-state index in [9.17, 15) is 4.79 Å². The summed E-state index contributed by atoms with van der Waals surface area (Å²) in [7, 11) is 0. The molecule has 0 aliphatic heterocycles. The zero-order valence-corrected chi connectivity index (χ0v) is 13.0. The van der Waals surface area contributed by atoms with Crippen LogP contribution < -0.4 is 5.32 Å². The Bertz CT molecular complexity index is 865. The van der Waals surface area contributed by atoms with Crippen molar-refractivity contribution in [1.82, 2.24) is 20.1 Å². The van der Waals surface area contributed by atoms with Gasteiger partial charge < -0.3 is 5.32 Å². The molecule has 116 valence electrons. The molecule has 1 fully saturated rings. The monoisotopic (exact) mass is 306 g/mol. The van der Waals surface area contributed by atoms with Crippen LogP contribution in [0.4, 0.5) is 0 Å². The molecular weight excluding hydrogens is 288 g/mol. The molecule has 1 aliphatic carbocycles. The number of hydrogen-bond acceptors (Lipinski definition) is 3. The summed E-state index contributed by atoms with van der Waals surface area (Å²) in [5.41, 5.74) is 3.88. The fourth-order valence-corrected chi connectivity index (χ4v) is 2.89. The van der Waals surface area contributed by atoms with Gasteiger partial charge in [-0.2, -0.15) is 5.10 Å². The Morgan fingerprint density at radius 2 is 2.04 bits per heavy atom. The first-order valence-electron chi connectivity index (χ1n) is 7.89. The van der Waals surface area contributed by atoms with Crippen LogP contribution in [0.5, 0.6) is 0 Å². The molecule has 3 aromatic rings. The number of carbonyl (C=O) groups is 1. The van der Waals surface area contributed by atoms with Gasteiger partial charge in [0.25, 0.3) is 0 Å². The van der Waals surface area contributed by atoms with Crippen molar-refractivity contribution in [3.8, 4) is 11.1 Å². The Balaban J connectivity index is 1.75. The lowest BCUT2D eigenvalue weighted by molar-refractivity contribution is -0.121. The standard InChI is InChI=1S/C18H18N4O/c1-12-17-15(13-5-3-2-4-6-13)9-10-19-18(17)22(21-12)11-16(23)20-14-7-8-14/h2-6,9-10,14H,7-8,11H2,1H3,(H,20,23). The highest BCUT2D eigenvalue weighted by molar-refractivity contribution is 5.95. The molecule has 2 aromatic heterocycles. The van der Waals surface area contributed by atoms with Crippen LogP contribution in [0.1, 0.15) is 18.5 Å². The van der Waals surface area contributed by atoms with Crippen molar-refractivity contribution >= 4 is 16.9 Å². The molecule has 0 saturated heterocycles. The van der Waals surface area contributed by atoms with Crippen molar-refractivity contribution in [2.24, 2.45) is 0 Å². The average Bonchev–Trinajstić information content (AvgIpc) is 3.32. The Labute approximate surface area is 134 Å². The fraction of sp³-hybridized carbons (Fsp3) is 0.278. The van der Waals surface area contributed by atoms with Crippen molar-refractivity contribution in [3.05, 3.63) is 48.3 Å². The van der Waals surface area contributed by atoms with Crippen LogP contribution in [0.3, 0.4) is 0 Å². The van der Waals surface area contributed by atoms with Crippen LogP contribution in [-0.2, 0) is 11.3 Å². The molecule has 1 saturated carbocycles. The van der Waals surface area contributed by atoms with E-state index >= 15 is 0 Å². The Morgan fingerprint density at radius 3 is 2.78 bits per heavy atom. The highest BCUT2D eigenvalue weighted by Crippen LogP contribution is 2.29. The van der Waals surface area contributed by atoms with E-state index in [1.807, 2.05) is 31.2 Å². The summed E-state index contributed by atoms with van der Waals surface area (Å²) in [5, 5.41) is 8.54. The van der Waals surface area contributed by atoms with Crippen molar-refractivity contribution in [1.29, 1.82) is 0 Å². The first-order chi connectivity index (χ1) is 11.2. The third-order valence-electron chi connectivity index (χ3n) is 4.13. The maximum absolute atomic E-state index is 12.1. The molecule has 0 radical (unpaired) electrons. The maximum Gasteiger partial charge on any atom is 0.242 e. The van der Waals surface area contributed by atoms with Gasteiger partial charge in [0.05, 0.1) is 5.69 Å². The summed E-state index contributed by atoms with van der Waals surface area (Å²) in [5.74, 6) is 0.00353. The predicted molar refractivity (Wildman–Crippen MR) is 88.9 cm³/mol. The summed E-state index contributed by atoms with van der Waals surface area (Å²) in [6.45, 7) is 2.18. The zero-order valence-electron chi connectivity index (χ0n) is 13.0. The van der Waals surface area contributed by atoms with E-state index in [0.717, 1.165) is 40.7 Å². The normalized spacial score (nSPS) is 14.1. The van der Waals surface area contributed by atoms with Crippen molar-refractivity contribution in [2.45, 2.75) is 32.4 Å². The van der Waals surface area contributed by atoms with Gasteiger partial charge in [-0.15, -0.1) is 0 Å². The number of aryl methyl sites for hydroxylation is 1. The molecule has 5 heteroatoms. The SMILES string of the molecule is Cc1nn(CC(=O)NC2CC2)c2nccc(-c3ccccc3)c12. The minimum atomic E-state index is 0.00353. The smallest absolute Gasteiger partial charge is 0.242 e. The third-order valence-corrected chi connectivity index (χ3v) is 4.13. The van der Waals surface area contributed by atoms with Crippen molar-refractivity contribution < 1.29 is 4.79 Å². The van der Waals surface area contributed by atoms with Crippen molar-refractivity contribution in [3.63, 3.8) is 0 Å². The van der Waals surface area contributed by atoms with Gasteiger partial charge in [0, 0.05) is 17.6 Å². The topological polar surface area (TPSA) is 59.8 Å². The number of carbonyl (C=O) groups excluding carboxylic acids is 1. The minimum Gasteiger partial charge on any atom is -0.352 e. The molecule has 0 unspecified atom stereocenters. The van der Waals surface area contributed by atoms with Gasteiger partial charge in [-0.1, -0.05) is 30.3 Å². The van der Waals surface area contributed by atoms with Gasteiger partial charge in [-0.3, -0.25) is 4.79 Å². The molecule has 0 spiro atoms. The van der Waals surface area contributed by atoms with Crippen LogP contribution in [0.2, 0.25) is 0 Å². The third kappa shape index (κ3) is 2.70. The number of hydrogen-bond donors (Lipinski definition) is 1. The molecule has 0 atom stereocenters. The van der Waals surface area contributed by atoms with Crippen LogP contribution in [0.15, 0.2) is 42.6 Å². The second-order valence-corrected chi connectivity index (χ2v) is 6.01. The van der Waals surface area contributed by atoms with Gasteiger partial charge >= 0.3 is 0 Å². The molecule has 5 nitrogen and oxygen atoms in total. The van der Waals surface area contributed by atoms with Crippen LogP contribution in [0, 0.1) is 6.92 Å². The minimum absolute atomic E-state index is 0.00353. The molecule has 1 aliphatic rings. The first-order valence-corrected chi connectivity index (χ1v) is 7.89. The number of amides is 1. The molecule has 4 rings (SSSR count). The molecule has 23 heavy (non-hydrogen) atoms. The van der Waals surface area contributed by atoms with E-state index in [2.05, 4.69) is 27.5 Å². The number of nitrogens with one attached hydrogen (secondary N) is 1. The summed E-state index contributed by atoms with van der Waals surface area (Å²) < 4.78 is 1.70. The van der Waals surface area contributed by atoms with Crippen LogP contribution in [0.25, 0.3) is 22.2 Å². The predicted octanol–water partition coefficient (Wildman–Crippen LogP) is 2.69.